The quantitative estimate of drug-likeness (QED) is 0.713. The minimum Gasteiger partial charge on any atom is -0.396 e. The van der Waals surface area contributed by atoms with Crippen molar-refractivity contribution in [3.63, 3.8) is 0 Å². The Morgan fingerprint density at radius 2 is 1.71 bits per heavy atom. The van der Waals surface area contributed by atoms with Crippen molar-refractivity contribution < 1.29 is 17.7 Å². The Labute approximate surface area is 85.4 Å². The van der Waals surface area contributed by atoms with E-state index in [0.29, 0.717) is 18.4 Å². The van der Waals surface area contributed by atoms with Gasteiger partial charge in [0.2, 0.25) is 0 Å². The summed E-state index contributed by atoms with van der Waals surface area (Å²) in [6, 6.07) is 0. The molecule has 1 fully saturated rings. The highest BCUT2D eigenvalue weighted by atomic mass is 32.2. The fourth-order valence-corrected chi connectivity index (χ4v) is 2.24. The van der Waals surface area contributed by atoms with Crippen LogP contribution in [0, 0.1) is 11.8 Å². The molecule has 14 heavy (non-hydrogen) atoms. The van der Waals surface area contributed by atoms with E-state index in [9.17, 15) is 8.42 Å². The number of aliphatic hydroxyl groups is 1. The Morgan fingerprint density at radius 1 is 1.21 bits per heavy atom. The molecule has 0 bridgehead atoms. The summed E-state index contributed by atoms with van der Waals surface area (Å²) in [6.45, 7) is 0.552. The largest absolute Gasteiger partial charge is 0.396 e. The molecule has 84 valence electrons. The Kier molecular flexibility index (Phi) is 4.34. The maximum absolute atomic E-state index is 10.7. The molecule has 0 aromatic carbocycles. The lowest BCUT2D eigenvalue weighted by Gasteiger charge is -2.26. The molecule has 4 nitrogen and oxygen atoms in total. The van der Waals surface area contributed by atoms with Gasteiger partial charge in [0.25, 0.3) is 10.1 Å². The van der Waals surface area contributed by atoms with Crippen molar-refractivity contribution in [2.45, 2.75) is 25.7 Å². The first-order valence-electron chi connectivity index (χ1n) is 4.96. The van der Waals surface area contributed by atoms with Crippen molar-refractivity contribution in [2.24, 2.45) is 11.8 Å². The molecule has 0 radical (unpaired) electrons. The average molecular weight is 222 g/mol. The van der Waals surface area contributed by atoms with Crippen LogP contribution >= 0.6 is 0 Å². The Hall–Kier alpha value is -0.130. The first-order valence-corrected chi connectivity index (χ1v) is 6.78. The molecule has 1 rings (SSSR count). The van der Waals surface area contributed by atoms with Gasteiger partial charge in [-0.15, -0.1) is 0 Å². The van der Waals surface area contributed by atoms with Crippen molar-refractivity contribution in [1.29, 1.82) is 0 Å². The molecule has 1 aliphatic rings. The fraction of sp³-hybridized carbons (Fsp3) is 1.00. The molecule has 0 heterocycles. The van der Waals surface area contributed by atoms with E-state index in [0.717, 1.165) is 31.9 Å². The summed E-state index contributed by atoms with van der Waals surface area (Å²) >= 11 is 0. The van der Waals surface area contributed by atoms with Gasteiger partial charge in [-0.05, 0) is 37.5 Å². The van der Waals surface area contributed by atoms with Gasteiger partial charge in [0.15, 0.2) is 0 Å². The lowest BCUT2D eigenvalue weighted by atomic mass is 9.83. The van der Waals surface area contributed by atoms with Gasteiger partial charge in [-0.25, -0.2) is 0 Å². The monoisotopic (exact) mass is 222 g/mol. The van der Waals surface area contributed by atoms with Gasteiger partial charge in [-0.2, -0.15) is 8.42 Å². The van der Waals surface area contributed by atoms with E-state index < -0.39 is 10.1 Å². The molecule has 0 aromatic rings. The summed E-state index contributed by atoms with van der Waals surface area (Å²) in [5, 5.41) is 8.91. The molecule has 0 amide bonds. The van der Waals surface area contributed by atoms with E-state index in [1.807, 2.05) is 0 Å². The zero-order chi connectivity index (χ0) is 10.6. The molecule has 0 aromatic heterocycles. The second-order valence-corrected chi connectivity index (χ2v) is 5.70. The van der Waals surface area contributed by atoms with E-state index in [-0.39, 0.29) is 6.61 Å². The molecule has 1 N–H and O–H groups in total. The minimum atomic E-state index is -3.29. The third-order valence-electron chi connectivity index (χ3n) is 2.74. The van der Waals surface area contributed by atoms with Crippen LogP contribution in [0.15, 0.2) is 0 Å². The predicted molar refractivity (Wildman–Crippen MR) is 53.3 cm³/mol. The first-order chi connectivity index (χ1) is 6.51. The van der Waals surface area contributed by atoms with Crippen molar-refractivity contribution >= 4 is 10.1 Å². The van der Waals surface area contributed by atoms with Crippen molar-refractivity contribution in [2.75, 3.05) is 19.5 Å². The SMILES string of the molecule is CS(=O)(=O)OC[C@H]1CC[C@@H](CO)CC1. The van der Waals surface area contributed by atoms with Crippen LogP contribution in [0.1, 0.15) is 25.7 Å². The second kappa shape index (κ2) is 5.09. The Bertz CT molecular complexity index is 252. The molecular formula is C9H18O4S. The highest BCUT2D eigenvalue weighted by Crippen LogP contribution is 2.28. The zero-order valence-electron chi connectivity index (χ0n) is 8.48. The second-order valence-electron chi connectivity index (χ2n) is 4.06. The topological polar surface area (TPSA) is 63.6 Å². The van der Waals surface area contributed by atoms with Gasteiger partial charge in [-0.3, -0.25) is 4.18 Å². The van der Waals surface area contributed by atoms with E-state index >= 15 is 0 Å². The zero-order valence-corrected chi connectivity index (χ0v) is 9.29. The Balaban J connectivity index is 2.23. The maximum atomic E-state index is 10.7. The summed E-state index contributed by atoms with van der Waals surface area (Å²) in [4.78, 5) is 0. The van der Waals surface area contributed by atoms with Crippen LogP contribution in [0.5, 0.6) is 0 Å². The number of aliphatic hydroxyl groups excluding tert-OH is 1. The van der Waals surface area contributed by atoms with Crippen LogP contribution in [0.25, 0.3) is 0 Å². The first kappa shape index (κ1) is 11.9. The molecule has 0 aliphatic heterocycles. The van der Waals surface area contributed by atoms with Gasteiger partial charge >= 0.3 is 0 Å². The van der Waals surface area contributed by atoms with Crippen LogP contribution in [-0.2, 0) is 14.3 Å². The van der Waals surface area contributed by atoms with E-state index in [1.165, 1.54) is 0 Å². The number of rotatable bonds is 4. The smallest absolute Gasteiger partial charge is 0.264 e. The average Bonchev–Trinajstić information content (AvgIpc) is 2.14. The molecule has 0 spiro atoms. The minimum absolute atomic E-state index is 0.250. The lowest BCUT2D eigenvalue weighted by Crippen LogP contribution is -2.21. The summed E-state index contributed by atoms with van der Waals surface area (Å²) in [5.74, 6) is 0.747. The maximum Gasteiger partial charge on any atom is 0.264 e. The summed E-state index contributed by atoms with van der Waals surface area (Å²) in [5.41, 5.74) is 0. The van der Waals surface area contributed by atoms with Crippen molar-refractivity contribution in [3.05, 3.63) is 0 Å². The normalized spacial score (nSPS) is 29.0. The summed E-state index contributed by atoms with van der Waals surface area (Å²) in [6.07, 6.45) is 4.95. The highest BCUT2D eigenvalue weighted by Gasteiger charge is 2.21. The Morgan fingerprint density at radius 3 is 2.14 bits per heavy atom. The van der Waals surface area contributed by atoms with E-state index in [2.05, 4.69) is 0 Å². The molecule has 1 saturated carbocycles. The lowest BCUT2D eigenvalue weighted by molar-refractivity contribution is 0.141. The van der Waals surface area contributed by atoms with Gasteiger partial charge < -0.3 is 5.11 Å². The standard InChI is InChI=1S/C9H18O4S/c1-14(11,12)13-7-9-4-2-8(6-10)3-5-9/h8-10H,2-7H2,1H3/t8-,9+. The summed E-state index contributed by atoms with van der Waals surface area (Å²) in [7, 11) is -3.29. The van der Waals surface area contributed by atoms with Crippen molar-refractivity contribution in [1.82, 2.24) is 0 Å². The van der Waals surface area contributed by atoms with E-state index in [1.54, 1.807) is 0 Å². The molecule has 0 atom stereocenters. The van der Waals surface area contributed by atoms with Gasteiger partial charge in [0.05, 0.1) is 12.9 Å². The number of hydrogen-bond donors (Lipinski definition) is 1. The molecule has 5 heteroatoms. The van der Waals surface area contributed by atoms with Crippen LogP contribution in [0.2, 0.25) is 0 Å². The molecule has 0 saturated heterocycles. The van der Waals surface area contributed by atoms with Gasteiger partial charge in [-0.1, -0.05) is 0 Å². The number of hydrogen-bond acceptors (Lipinski definition) is 4. The highest BCUT2D eigenvalue weighted by molar-refractivity contribution is 7.85. The molecule has 1 aliphatic carbocycles. The molecule has 0 unspecified atom stereocenters. The molecular weight excluding hydrogens is 204 g/mol. The fourth-order valence-electron chi connectivity index (χ4n) is 1.80. The van der Waals surface area contributed by atoms with E-state index in [4.69, 9.17) is 9.29 Å². The van der Waals surface area contributed by atoms with Gasteiger partial charge in [0.1, 0.15) is 0 Å². The summed E-state index contributed by atoms with van der Waals surface area (Å²) < 4.78 is 26.2. The predicted octanol–water partition coefficient (Wildman–Crippen LogP) is 0.761. The third-order valence-corrected chi connectivity index (χ3v) is 3.31. The van der Waals surface area contributed by atoms with Crippen LogP contribution in [-0.4, -0.2) is 33.0 Å². The van der Waals surface area contributed by atoms with Crippen LogP contribution in [0.3, 0.4) is 0 Å². The van der Waals surface area contributed by atoms with Crippen LogP contribution in [0.4, 0.5) is 0 Å². The van der Waals surface area contributed by atoms with Gasteiger partial charge in [0, 0.05) is 6.61 Å². The third kappa shape index (κ3) is 4.39. The van der Waals surface area contributed by atoms with Crippen molar-refractivity contribution in [3.8, 4) is 0 Å². The van der Waals surface area contributed by atoms with Crippen LogP contribution < -0.4 is 0 Å².